The zero-order valence-corrected chi connectivity index (χ0v) is 6.05. The molecule has 5 heteroatoms. The Labute approximate surface area is 64.2 Å². The van der Waals surface area contributed by atoms with Gasteiger partial charge in [-0.25, -0.2) is 0 Å². The van der Waals surface area contributed by atoms with Crippen LogP contribution in [0, 0.1) is 0 Å². The van der Waals surface area contributed by atoms with Gasteiger partial charge in [0.25, 0.3) is 0 Å². The third kappa shape index (κ3) is 1.12. The van der Waals surface area contributed by atoms with E-state index in [4.69, 9.17) is 10.5 Å². The van der Waals surface area contributed by atoms with Crippen molar-refractivity contribution in [2.24, 2.45) is 5.73 Å². The lowest BCUT2D eigenvalue weighted by Gasteiger charge is -2.12. The van der Waals surface area contributed by atoms with Gasteiger partial charge in [-0.05, 0) is 0 Å². The summed E-state index contributed by atoms with van der Waals surface area (Å²) in [5, 5.41) is 7.41. The molecule has 1 aromatic rings. The van der Waals surface area contributed by atoms with E-state index >= 15 is 0 Å². The third-order valence-electron chi connectivity index (χ3n) is 1.91. The molecule has 0 radical (unpaired) electrons. The minimum Gasteiger partial charge on any atom is -0.378 e. The van der Waals surface area contributed by atoms with Crippen LogP contribution in [0.3, 0.4) is 0 Å². The monoisotopic (exact) mass is 154 g/mol. The van der Waals surface area contributed by atoms with E-state index < -0.39 is 0 Å². The second-order valence-corrected chi connectivity index (χ2v) is 2.68. The van der Waals surface area contributed by atoms with Crippen LogP contribution in [0.5, 0.6) is 0 Å². The van der Waals surface area contributed by atoms with Crippen LogP contribution in [0.15, 0.2) is 12.7 Å². The molecule has 0 spiro atoms. The van der Waals surface area contributed by atoms with Crippen molar-refractivity contribution in [3.05, 3.63) is 12.7 Å². The van der Waals surface area contributed by atoms with Crippen molar-refractivity contribution >= 4 is 0 Å². The molecule has 11 heavy (non-hydrogen) atoms. The molecule has 60 valence electrons. The van der Waals surface area contributed by atoms with Crippen molar-refractivity contribution in [3.63, 3.8) is 0 Å². The lowest BCUT2D eigenvalue weighted by Crippen LogP contribution is -2.30. The van der Waals surface area contributed by atoms with E-state index in [2.05, 4.69) is 10.2 Å². The predicted molar refractivity (Wildman–Crippen MR) is 37.9 cm³/mol. The third-order valence-corrected chi connectivity index (χ3v) is 1.91. The summed E-state index contributed by atoms with van der Waals surface area (Å²) in [7, 11) is 0. The van der Waals surface area contributed by atoms with E-state index in [1.165, 1.54) is 0 Å². The summed E-state index contributed by atoms with van der Waals surface area (Å²) >= 11 is 0. The highest BCUT2D eigenvalue weighted by atomic mass is 16.5. The molecular formula is C6H10N4O. The molecule has 2 N–H and O–H groups in total. The number of aromatic nitrogens is 3. The maximum atomic E-state index is 5.77. The van der Waals surface area contributed by atoms with Gasteiger partial charge >= 0.3 is 0 Å². The van der Waals surface area contributed by atoms with E-state index in [1.807, 2.05) is 4.57 Å². The molecule has 2 atom stereocenters. The molecule has 0 aromatic carbocycles. The van der Waals surface area contributed by atoms with Gasteiger partial charge in [0.05, 0.1) is 25.3 Å². The van der Waals surface area contributed by atoms with Crippen LogP contribution in [-0.4, -0.2) is 34.0 Å². The van der Waals surface area contributed by atoms with Gasteiger partial charge in [-0.3, -0.25) is 0 Å². The van der Waals surface area contributed by atoms with E-state index in [1.54, 1.807) is 12.7 Å². The quantitative estimate of drug-likeness (QED) is 0.573. The average molecular weight is 154 g/mol. The summed E-state index contributed by atoms with van der Waals surface area (Å²) in [4.78, 5) is 0. The lowest BCUT2D eigenvalue weighted by molar-refractivity contribution is 0.185. The molecule has 0 amide bonds. The van der Waals surface area contributed by atoms with Crippen LogP contribution in [0.25, 0.3) is 0 Å². The predicted octanol–water partition coefficient (Wildman–Crippen LogP) is -0.823. The summed E-state index contributed by atoms with van der Waals surface area (Å²) in [6.45, 7) is 1.29. The molecule has 2 heterocycles. The maximum Gasteiger partial charge on any atom is 0.119 e. The van der Waals surface area contributed by atoms with Gasteiger partial charge in [-0.2, -0.15) is 0 Å². The number of rotatable bonds is 1. The zero-order chi connectivity index (χ0) is 7.68. The highest BCUT2D eigenvalue weighted by molar-refractivity contribution is 4.85. The molecule has 1 fully saturated rings. The zero-order valence-electron chi connectivity index (χ0n) is 6.05. The molecule has 1 aliphatic heterocycles. The van der Waals surface area contributed by atoms with Gasteiger partial charge in [0.15, 0.2) is 0 Å². The van der Waals surface area contributed by atoms with E-state index in [9.17, 15) is 0 Å². The Morgan fingerprint density at radius 3 is 2.64 bits per heavy atom. The Bertz CT molecular complexity index is 222. The number of nitrogens with two attached hydrogens (primary N) is 1. The minimum atomic E-state index is 0.0750. The van der Waals surface area contributed by atoms with Crippen LogP contribution in [0.4, 0.5) is 0 Å². The topological polar surface area (TPSA) is 66.0 Å². The van der Waals surface area contributed by atoms with E-state index in [0.717, 1.165) is 0 Å². The first-order chi connectivity index (χ1) is 5.38. The Kier molecular flexibility index (Phi) is 1.59. The van der Waals surface area contributed by atoms with Crippen molar-refractivity contribution in [3.8, 4) is 0 Å². The molecule has 5 nitrogen and oxygen atoms in total. The second kappa shape index (κ2) is 2.60. The smallest absolute Gasteiger partial charge is 0.119 e. The molecule has 2 rings (SSSR count). The van der Waals surface area contributed by atoms with Gasteiger partial charge in [0.2, 0.25) is 0 Å². The Hall–Kier alpha value is -0.940. The Balaban J connectivity index is 2.16. The van der Waals surface area contributed by atoms with Crippen LogP contribution in [0.2, 0.25) is 0 Å². The molecule has 0 aliphatic carbocycles. The fourth-order valence-electron chi connectivity index (χ4n) is 1.25. The fraction of sp³-hybridized carbons (Fsp3) is 0.667. The largest absolute Gasteiger partial charge is 0.378 e. The van der Waals surface area contributed by atoms with E-state index in [0.29, 0.717) is 13.2 Å². The summed E-state index contributed by atoms with van der Waals surface area (Å²) in [5.41, 5.74) is 5.77. The van der Waals surface area contributed by atoms with Gasteiger partial charge in [-0.1, -0.05) is 0 Å². The van der Waals surface area contributed by atoms with Gasteiger partial charge in [-0.15, -0.1) is 10.2 Å². The van der Waals surface area contributed by atoms with Crippen LogP contribution in [0.1, 0.15) is 6.04 Å². The summed E-state index contributed by atoms with van der Waals surface area (Å²) in [6.07, 6.45) is 3.33. The SMILES string of the molecule is NC1COCC1n1cnnc1. The Morgan fingerprint density at radius 2 is 2.09 bits per heavy atom. The first-order valence-electron chi connectivity index (χ1n) is 3.55. The molecule has 2 unspecified atom stereocenters. The van der Waals surface area contributed by atoms with Crippen molar-refractivity contribution in [1.29, 1.82) is 0 Å². The van der Waals surface area contributed by atoms with Crippen LogP contribution < -0.4 is 5.73 Å². The highest BCUT2D eigenvalue weighted by Gasteiger charge is 2.25. The lowest BCUT2D eigenvalue weighted by atomic mass is 10.2. The molecule has 1 aliphatic rings. The van der Waals surface area contributed by atoms with E-state index in [-0.39, 0.29) is 12.1 Å². The van der Waals surface area contributed by atoms with Crippen LogP contribution >= 0.6 is 0 Å². The first kappa shape index (κ1) is 6.75. The molecule has 1 saturated heterocycles. The molecule has 0 bridgehead atoms. The van der Waals surface area contributed by atoms with Crippen molar-refractivity contribution in [1.82, 2.24) is 14.8 Å². The van der Waals surface area contributed by atoms with Crippen LogP contribution in [-0.2, 0) is 4.74 Å². The van der Waals surface area contributed by atoms with Crippen molar-refractivity contribution in [2.75, 3.05) is 13.2 Å². The summed E-state index contributed by atoms with van der Waals surface area (Å²) < 4.78 is 7.08. The molecule has 0 saturated carbocycles. The summed E-state index contributed by atoms with van der Waals surface area (Å²) in [5.74, 6) is 0. The van der Waals surface area contributed by atoms with Gasteiger partial charge in [0.1, 0.15) is 12.7 Å². The number of hydrogen-bond acceptors (Lipinski definition) is 4. The number of ether oxygens (including phenoxy) is 1. The van der Waals surface area contributed by atoms with Gasteiger partial charge < -0.3 is 15.0 Å². The first-order valence-corrected chi connectivity index (χ1v) is 3.55. The van der Waals surface area contributed by atoms with Crippen molar-refractivity contribution in [2.45, 2.75) is 12.1 Å². The molecular weight excluding hydrogens is 144 g/mol. The fourth-order valence-corrected chi connectivity index (χ4v) is 1.25. The normalized spacial score (nSPS) is 31.0. The minimum absolute atomic E-state index is 0.0750. The van der Waals surface area contributed by atoms with Gasteiger partial charge in [0, 0.05) is 0 Å². The standard InChI is InChI=1S/C6H10N4O/c7-5-1-11-2-6(5)10-3-8-9-4-10/h3-6H,1-2,7H2. The summed E-state index contributed by atoms with van der Waals surface area (Å²) in [6, 6.07) is 0.288. The number of hydrogen-bond donors (Lipinski definition) is 1. The molecule has 1 aromatic heterocycles. The van der Waals surface area contributed by atoms with Crippen molar-refractivity contribution < 1.29 is 4.74 Å². The Morgan fingerprint density at radius 1 is 1.36 bits per heavy atom. The average Bonchev–Trinajstić information content (AvgIpc) is 2.55. The highest BCUT2D eigenvalue weighted by Crippen LogP contribution is 2.16. The number of nitrogens with zero attached hydrogens (tertiary/aromatic N) is 3. The maximum absolute atomic E-state index is 5.77. The second-order valence-electron chi connectivity index (χ2n) is 2.68.